The van der Waals surface area contributed by atoms with Crippen LogP contribution in [0, 0.1) is 5.92 Å². The van der Waals surface area contributed by atoms with Crippen LogP contribution in [0.25, 0.3) is 0 Å². The molecule has 0 aromatic heterocycles. The Morgan fingerprint density at radius 3 is 2.00 bits per heavy atom. The topological polar surface area (TPSA) is 26.3 Å². The first kappa shape index (κ1) is 17.3. The number of ether oxygens (including phenoxy) is 1. The van der Waals surface area contributed by atoms with Gasteiger partial charge in [0.1, 0.15) is 5.76 Å². The molecule has 0 aromatic rings. The molecule has 0 fully saturated rings. The van der Waals surface area contributed by atoms with Crippen molar-refractivity contribution in [2.24, 2.45) is 5.92 Å². The molecular weight excluding hydrogens is 248 g/mol. The van der Waals surface area contributed by atoms with E-state index in [2.05, 4.69) is 13.0 Å². The van der Waals surface area contributed by atoms with E-state index in [1.54, 1.807) is 0 Å². The van der Waals surface area contributed by atoms with Gasteiger partial charge in [0, 0.05) is 13.3 Å². The van der Waals surface area contributed by atoms with Crippen LogP contribution in [-0.4, -0.2) is 5.97 Å². The summed E-state index contributed by atoms with van der Waals surface area (Å²) in [4.78, 5) is 11.2. The average molecular weight is 280 g/mol. The quantitative estimate of drug-likeness (QED) is 0.570. The molecule has 0 heterocycles. The normalized spacial score (nSPS) is 26.7. The molecule has 0 radical (unpaired) electrons. The first-order valence-electron chi connectivity index (χ1n) is 8.57. The summed E-state index contributed by atoms with van der Waals surface area (Å²) in [5.74, 6) is 1.25. The second-order valence-electron chi connectivity index (χ2n) is 6.28. The lowest BCUT2D eigenvalue weighted by molar-refractivity contribution is -0.137. The Hall–Kier alpha value is -0.790. The van der Waals surface area contributed by atoms with Crippen molar-refractivity contribution in [2.45, 2.75) is 90.9 Å². The molecule has 1 rings (SSSR count). The van der Waals surface area contributed by atoms with E-state index in [0.717, 1.165) is 18.6 Å². The molecular formula is C18H32O2. The predicted molar refractivity (Wildman–Crippen MR) is 84.4 cm³/mol. The number of rotatable bonds is 1. The second kappa shape index (κ2) is 10.9. The summed E-state index contributed by atoms with van der Waals surface area (Å²) in [6.07, 6.45) is 17.6. The Balaban J connectivity index is 2.49. The molecule has 0 N–H and O–H groups in total. The minimum absolute atomic E-state index is 0.179. The van der Waals surface area contributed by atoms with E-state index in [1.807, 2.05) is 0 Å². The number of carbonyl (C=O) groups is 1. The van der Waals surface area contributed by atoms with E-state index in [0.29, 0.717) is 5.92 Å². The van der Waals surface area contributed by atoms with Gasteiger partial charge in [-0.15, -0.1) is 0 Å². The van der Waals surface area contributed by atoms with Crippen molar-refractivity contribution in [2.75, 3.05) is 0 Å². The highest BCUT2D eigenvalue weighted by atomic mass is 16.5. The average Bonchev–Trinajstić information content (AvgIpc) is 2.39. The van der Waals surface area contributed by atoms with Crippen LogP contribution < -0.4 is 0 Å². The smallest absolute Gasteiger partial charge is 0.307 e. The van der Waals surface area contributed by atoms with Crippen molar-refractivity contribution in [1.82, 2.24) is 0 Å². The zero-order valence-corrected chi connectivity index (χ0v) is 13.5. The fraction of sp³-hybridized carbons (Fsp3) is 0.833. The van der Waals surface area contributed by atoms with Gasteiger partial charge in [-0.1, -0.05) is 64.7 Å². The molecule has 2 heteroatoms. The zero-order chi connectivity index (χ0) is 14.6. The van der Waals surface area contributed by atoms with Crippen molar-refractivity contribution in [3.8, 4) is 0 Å². The van der Waals surface area contributed by atoms with Crippen LogP contribution in [0.3, 0.4) is 0 Å². The van der Waals surface area contributed by atoms with Crippen molar-refractivity contribution in [3.63, 3.8) is 0 Å². The van der Waals surface area contributed by atoms with Crippen LogP contribution in [-0.2, 0) is 9.53 Å². The molecule has 1 aliphatic rings. The van der Waals surface area contributed by atoms with Gasteiger partial charge in [0.15, 0.2) is 0 Å². The van der Waals surface area contributed by atoms with Gasteiger partial charge in [-0.25, -0.2) is 0 Å². The van der Waals surface area contributed by atoms with Gasteiger partial charge < -0.3 is 4.74 Å². The van der Waals surface area contributed by atoms with Gasteiger partial charge >= 0.3 is 5.97 Å². The highest BCUT2D eigenvalue weighted by molar-refractivity contribution is 5.67. The molecule has 0 aliphatic heterocycles. The van der Waals surface area contributed by atoms with Crippen molar-refractivity contribution in [1.29, 1.82) is 0 Å². The number of esters is 1. The largest absolute Gasteiger partial charge is 0.432 e. The number of allylic oxidation sites excluding steroid dienone is 2. The van der Waals surface area contributed by atoms with E-state index in [9.17, 15) is 4.79 Å². The third kappa shape index (κ3) is 9.17. The number of hydrogen-bond acceptors (Lipinski definition) is 2. The third-order valence-electron chi connectivity index (χ3n) is 4.08. The predicted octanol–water partition coefficient (Wildman–Crippen LogP) is 5.76. The molecule has 0 saturated heterocycles. The maximum absolute atomic E-state index is 11.2. The van der Waals surface area contributed by atoms with Crippen molar-refractivity contribution >= 4 is 5.97 Å². The second-order valence-corrected chi connectivity index (χ2v) is 6.28. The molecule has 0 aromatic carbocycles. The first-order valence-corrected chi connectivity index (χ1v) is 8.57. The molecule has 0 bridgehead atoms. The maximum Gasteiger partial charge on any atom is 0.307 e. The first-order chi connectivity index (χ1) is 9.68. The van der Waals surface area contributed by atoms with Gasteiger partial charge in [0.25, 0.3) is 0 Å². The van der Waals surface area contributed by atoms with Crippen LogP contribution in [0.1, 0.15) is 90.9 Å². The molecule has 116 valence electrons. The standard InChI is InChI=1S/C18H32O2/c1-16-13-11-9-7-5-3-4-6-8-10-12-14-18(15-16)20-17(2)19/h15-16H,3-14H2,1-2H3/b18-15-/t16-/m1/s1. The minimum Gasteiger partial charge on any atom is -0.432 e. The fourth-order valence-electron chi connectivity index (χ4n) is 2.93. The van der Waals surface area contributed by atoms with Crippen LogP contribution in [0.15, 0.2) is 11.8 Å². The Morgan fingerprint density at radius 1 is 0.950 bits per heavy atom. The number of carbonyl (C=O) groups excluding carboxylic acids is 1. The molecule has 20 heavy (non-hydrogen) atoms. The zero-order valence-electron chi connectivity index (χ0n) is 13.5. The lowest BCUT2D eigenvalue weighted by atomic mass is 10.0. The van der Waals surface area contributed by atoms with Crippen molar-refractivity contribution in [3.05, 3.63) is 11.8 Å². The van der Waals surface area contributed by atoms with Gasteiger partial charge in [-0.3, -0.25) is 4.79 Å². The highest BCUT2D eigenvalue weighted by Gasteiger charge is 2.07. The molecule has 0 saturated carbocycles. The third-order valence-corrected chi connectivity index (χ3v) is 4.08. The molecule has 1 aliphatic carbocycles. The lowest BCUT2D eigenvalue weighted by Crippen LogP contribution is -2.02. The molecule has 1 atom stereocenters. The summed E-state index contributed by atoms with van der Waals surface area (Å²) < 4.78 is 5.37. The summed E-state index contributed by atoms with van der Waals surface area (Å²) in [5, 5.41) is 0. The summed E-state index contributed by atoms with van der Waals surface area (Å²) in [6.45, 7) is 3.74. The fourth-order valence-corrected chi connectivity index (χ4v) is 2.93. The molecule has 0 spiro atoms. The Kier molecular flexibility index (Phi) is 9.44. The van der Waals surface area contributed by atoms with Crippen LogP contribution in [0.2, 0.25) is 0 Å². The summed E-state index contributed by atoms with van der Waals surface area (Å²) in [7, 11) is 0. The lowest BCUT2D eigenvalue weighted by Gasteiger charge is -2.11. The van der Waals surface area contributed by atoms with E-state index in [-0.39, 0.29) is 5.97 Å². The van der Waals surface area contributed by atoms with Gasteiger partial charge in [-0.2, -0.15) is 0 Å². The molecule has 0 amide bonds. The highest BCUT2D eigenvalue weighted by Crippen LogP contribution is 2.20. The Bertz CT molecular complexity index is 294. The Labute approximate surface area is 125 Å². The van der Waals surface area contributed by atoms with Crippen LogP contribution >= 0.6 is 0 Å². The number of hydrogen-bond donors (Lipinski definition) is 0. The maximum atomic E-state index is 11.2. The van der Waals surface area contributed by atoms with Gasteiger partial charge in [0.05, 0.1) is 0 Å². The van der Waals surface area contributed by atoms with Crippen LogP contribution in [0.5, 0.6) is 0 Å². The van der Waals surface area contributed by atoms with E-state index in [1.165, 1.54) is 71.1 Å². The summed E-state index contributed by atoms with van der Waals surface area (Å²) >= 11 is 0. The minimum atomic E-state index is -0.179. The summed E-state index contributed by atoms with van der Waals surface area (Å²) in [6, 6.07) is 0. The van der Waals surface area contributed by atoms with Crippen molar-refractivity contribution < 1.29 is 9.53 Å². The SMILES string of the molecule is CC(=O)O/C1=C\[C@H](C)CCCCCCCCCCCC1. The Morgan fingerprint density at radius 2 is 1.45 bits per heavy atom. The van der Waals surface area contributed by atoms with E-state index in [4.69, 9.17) is 4.74 Å². The van der Waals surface area contributed by atoms with Crippen LogP contribution in [0.4, 0.5) is 0 Å². The van der Waals surface area contributed by atoms with E-state index < -0.39 is 0 Å². The van der Waals surface area contributed by atoms with E-state index >= 15 is 0 Å². The van der Waals surface area contributed by atoms with Gasteiger partial charge in [0.2, 0.25) is 0 Å². The molecule has 0 unspecified atom stereocenters. The summed E-state index contributed by atoms with van der Waals surface area (Å²) in [5.41, 5.74) is 0. The monoisotopic (exact) mass is 280 g/mol. The molecule has 2 nitrogen and oxygen atoms in total. The van der Waals surface area contributed by atoms with Gasteiger partial charge in [-0.05, 0) is 24.8 Å².